The summed E-state index contributed by atoms with van der Waals surface area (Å²) in [5.41, 5.74) is 0.213. The van der Waals surface area contributed by atoms with Gasteiger partial charge in [0.15, 0.2) is 10.6 Å². The van der Waals surface area contributed by atoms with E-state index in [1.807, 2.05) is 6.07 Å². The highest BCUT2D eigenvalue weighted by molar-refractivity contribution is 7.09. The number of carbonyl (C=O) groups excluding carboxylic acids is 2. The van der Waals surface area contributed by atoms with E-state index >= 15 is 0 Å². The molecule has 0 aliphatic rings. The first-order chi connectivity index (χ1) is 17.1. The molecule has 0 N–H and O–H groups in total. The average Bonchev–Trinajstić information content (AvgIpc) is 3.22. The lowest BCUT2D eigenvalue weighted by atomic mass is 9.95. The number of para-hydroxylation sites is 1. The number of hydrogen-bond donors (Lipinski definition) is 0. The number of amides is 1. The maximum Gasteiger partial charge on any atom is 0.441 e. The van der Waals surface area contributed by atoms with Crippen LogP contribution in [0.5, 0.6) is 11.5 Å². The predicted molar refractivity (Wildman–Crippen MR) is 143 cm³/mol. The molecule has 1 amide bonds. The molecule has 36 heavy (non-hydrogen) atoms. The van der Waals surface area contributed by atoms with E-state index in [0.717, 1.165) is 24.3 Å². The second kappa shape index (κ2) is 12.1. The van der Waals surface area contributed by atoms with E-state index in [-0.39, 0.29) is 17.0 Å². The highest BCUT2D eigenvalue weighted by Crippen LogP contribution is 2.27. The maximum atomic E-state index is 12.8. The number of benzene rings is 2. The highest BCUT2D eigenvalue weighted by atomic mass is 35.5. The molecule has 2 aromatic carbocycles. The van der Waals surface area contributed by atoms with Crippen LogP contribution < -0.4 is 14.3 Å². The van der Waals surface area contributed by atoms with Crippen LogP contribution in [0.15, 0.2) is 64.7 Å². The fourth-order valence-electron chi connectivity index (χ4n) is 3.16. The SMILES string of the molecule is CCCCn1cc(C(C)(C)C)sc1=NC(=NC(=O)Oc1ccccc1)c1cc(Cl)ccc1OC(C)=O. The molecule has 0 saturated carbocycles. The Kier molecular flexibility index (Phi) is 9.23. The number of unbranched alkanes of at least 4 members (excludes halogenated alkanes) is 1. The lowest BCUT2D eigenvalue weighted by molar-refractivity contribution is -0.131. The van der Waals surface area contributed by atoms with Crippen LogP contribution in [0.3, 0.4) is 0 Å². The molecule has 7 nitrogen and oxygen atoms in total. The van der Waals surface area contributed by atoms with Crippen molar-refractivity contribution in [3.8, 4) is 11.5 Å². The van der Waals surface area contributed by atoms with Crippen molar-refractivity contribution in [2.45, 2.75) is 59.4 Å². The summed E-state index contributed by atoms with van der Waals surface area (Å²) >= 11 is 7.79. The minimum atomic E-state index is -0.860. The summed E-state index contributed by atoms with van der Waals surface area (Å²) in [6, 6.07) is 13.3. The normalized spacial score (nSPS) is 12.5. The molecule has 1 aromatic heterocycles. The van der Waals surface area contributed by atoms with Crippen LogP contribution in [-0.2, 0) is 16.8 Å². The monoisotopic (exact) mass is 527 g/mol. The maximum absolute atomic E-state index is 12.8. The Hall–Kier alpha value is -3.23. The van der Waals surface area contributed by atoms with Crippen molar-refractivity contribution in [1.29, 1.82) is 0 Å². The summed E-state index contributed by atoms with van der Waals surface area (Å²) in [4.78, 5) is 35.3. The van der Waals surface area contributed by atoms with Gasteiger partial charge in [-0.05, 0) is 42.2 Å². The first-order valence-electron chi connectivity index (χ1n) is 11.7. The Morgan fingerprint density at radius 2 is 1.81 bits per heavy atom. The lowest BCUT2D eigenvalue weighted by Gasteiger charge is -2.14. The number of hydrogen-bond acceptors (Lipinski definition) is 5. The zero-order valence-electron chi connectivity index (χ0n) is 21.1. The van der Waals surface area contributed by atoms with Gasteiger partial charge in [-0.15, -0.1) is 11.3 Å². The number of nitrogens with zero attached hydrogens (tertiary/aromatic N) is 3. The van der Waals surface area contributed by atoms with E-state index in [0.29, 0.717) is 21.1 Å². The predicted octanol–water partition coefficient (Wildman–Crippen LogP) is 6.77. The molecule has 0 radical (unpaired) electrons. The number of ether oxygens (including phenoxy) is 2. The van der Waals surface area contributed by atoms with Gasteiger partial charge in [0.05, 0.1) is 5.56 Å². The molecule has 0 saturated heterocycles. The largest absolute Gasteiger partial charge is 0.441 e. The molecule has 190 valence electrons. The molecule has 0 spiro atoms. The number of aliphatic imine (C=N–C) groups is 1. The van der Waals surface area contributed by atoms with Crippen LogP contribution in [0, 0.1) is 0 Å². The van der Waals surface area contributed by atoms with Crippen molar-refractivity contribution in [3.63, 3.8) is 0 Å². The summed E-state index contributed by atoms with van der Waals surface area (Å²) in [7, 11) is 0. The Morgan fingerprint density at radius 3 is 2.44 bits per heavy atom. The second-order valence-corrected chi connectivity index (χ2v) is 10.6. The molecule has 0 atom stereocenters. The number of aromatic nitrogens is 1. The van der Waals surface area contributed by atoms with Gasteiger partial charge in [0.2, 0.25) is 0 Å². The molecule has 1 heterocycles. The van der Waals surface area contributed by atoms with E-state index in [2.05, 4.69) is 43.5 Å². The zero-order chi connectivity index (χ0) is 26.3. The zero-order valence-corrected chi connectivity index (χ0v) is 22.7. The van der Waals surface area contributed by atoms with Crippen LogP contribution in [0.1, 0.15) is 57.9 Å². The number of carbonyl (C=O) groups is 2. The summed E-state index contributed by atoms with van der Waals surface area (Å²) in [6.07, 6.45) is 3.21. The second-order valence-electron chi connectivity index (χ2n) is 9.14. The van der Waals surface area contributed by atoms with E-state index in [1.54, 1.807) is 42.5 Å². The van der Waals surface area contributed by atoms with Crippen LogP contribution >= 0.6 is 22.9 Å². The summed E-state index contributed by atoms with van der Waals surface area (Å²) in [6.45, 7) is 10.6. The molecule has 3 aromatic rings. The highest BCUT2D eigenvalue weighted by Gasteiger charge is 2.20. The topological polar surface area (TPSA) is 82.2 Å². The van der Waals surface area contributed by atoms with Gasteiger partial charge in [0.25, 0.3) is 0 Å². The fourth-order valence-corrected chi connectivity index (χ4v) is 4.41. The van der Waals surface area contributed by atoms with Crippen molar-refractivity contribution in [2.75, 3.05) is 0 Å². The quantitative estimate of drug-likeness (QED) is 0.153. The smallest absolute Gasteiger partial charge is 0.426 e. The molecular formula is C27H30ClN3O4S. The number of aryl methyl sites for hydroxylation is 1. The molecule has 0 aliphatic carbocycles. The number of rotatable bonds is 6. The van der Waals surface area contributed by atoms with Crippen molar-refractivity contribution in [3.05, 3.63) is 75.0 Å². The molecule has 0 fully saturated rings. The van der Waals surface area contributed by atoms with Gasteiger partial charge in [-0.25, -0.2) is 9.79 Å². The Bertz CT molecular complexity index is 1320. The first kappa shape index (κ1) is 27.4. The van der Waals surface area contributed by atoms with Crippen LogP contribution in [0.2, 0.25) is 5.02 Å². The van der Waals surface area contributed by atoms with E-state index in [9.17, 15) is 9.59 Å². The molecule has 0 unspecified atom stereocenters. The first-order valence-corrected chi connectivity index (χ1v) is 12.9. The van der Waals surface area contributed by atoms with E-state index in [4.69, 9.17) is 26.1 Å². The van der Waals surface area contributed by atoms with Crippen molar-refractivity contribution in [2.24, 2.45) is 9.98 Å². The van der Waals surface area contributed by atoms with Gasteiger partial charge in [0, 0.05) is 29.6 Å². The average molecular weight is 528 g/mol. The minimum Gasteiger partial charge on any atom is -0.426 e. The van der Waals surface area contributed by atoms with Crippen molar-refractivity contribution < 1.29 is 19.1 Å². The molecule has 3 rings (SSSR count). The van der Waals surface area contributed by atoms with Gasteiger partial charge < -0.3 is 14.0 Å². The van der Waals surface area contributed by atoms with Gasteiger partial charge in [-0.2, -0.15) is 4.99 Å². The van der Waals surface area contributed by atoms with Crippen molar-refractivity contribution >= 4 is 40.8 Å². The third-order valence-corrected chi connectivity index (χ3v) is 6.68. The standard InChI is InChI=1S/C27H30ClN3O4S/c1-6-7-15-31-17-23(27(3,4)5)36-25(31)29-24(30-26(33)35-20-11-9-8-10-12-20)21-16-19(28)13-14-22(21)34-18(2)32/h8-14,16-17H,6-7,15H2,1-5H3. The van der Waals surface area contributed by atoms with E-state index in [1.165, 1.54) is 18.3 Å². The lowest BCUT2D eigenvalue weighted by Crippen LogP contribution is -2.18. The molecule has 0 aliphatic heterocycles. The number of thiazole rings is 1. The Balaban J connectivity index is 2.20. The van der Waals surface area contributed by atoms with Crippen LogP contribution in [-0.4, -0.2) is 22.5 Å². The van der Waals surface area contributed by atoms with Crippen LogP contribution in [0.25, 0.3) is 0 Å². The summed E-state index contributed by atoms with van der Waals surface area (Å²) in [5, 5.41) is 0.376. The molecule has 9 heteroatoms. The van der Waals surface area contributed by atoms with Crippen molar-refractivity contribution in [1.82, 2.24) is 4.57 Å². The Morgan fingerprint density at radius 1 is 1.08 bits per heavy atom. The summed E-state index contributed by atoms with van der Waals surface area (Å²) < 4.78 is 12.8. The Labute approximate surface area is 220 Å². The van der Waals surface area contributed by atoms with Gasteiger partial charge in [-0.3, -0.25) is 4.79 Å². The third kappa shape index (κ3) is 7.63. The number of esters is 1. The van der Waals surface area contributed by atoms with Gasteiger partial charge >= 0.3 is 12.1 Å². The molecular weight excluding hydrogens is 498 g/mol. The third-order valence-electron chi connectivity index (χ3n) is 5.00. The fraction of sp³-hybridized carbons (Fsp3) is 0.333. The van der Waals surface area contributed by atoms with Gasteiger partial charge in [0.1, 0.15) is 11.5 Å². The van der Waals surface area contributed by atoms with Gasteiger partial charge in [-0.1, -0.05) is 63.9 Å². The number of halogens is 1. The number of amidine groups is 1. The summed E-state index contributed by atoms with van der Waals surface area (Å²) in [5.74, 6) is 0.0480. The van der Waals surface area contributed by atoms with E-state index < -0.39 is 12.1 Å². The minimum absolute atomic E-state index is 0.0299. The van der Waals surface area contributed by atoms with Crippen LogP contribution in [0.4, 0.5) is 4.79 Å². The molecule has 0 bridgehead atoms.